The van der Waals surface area contributed by atoms with Crippen molar-refractivity contribution < 1.29 is 8.78 Å². The number of aromatic nitrogens is 2. The van der Waals surface area contributed by atoms with Crippen LogP contribution in [0.1, 0.15) is 11.1 Å². The highest BCUT2D eigenvalue weighted by Crippen LogP contribution is 2.24. The average molecular weight is 765 g/mol. The van der Waals surface area contributed by atoms with E-state index < -0.39 is 0 Å². The minimum absolute atomic E-state index is 0.179. The zero-order valence-corrected chi connectivity index (χ0v) is 32.7. The van der Waals surface area contributed by atoms with Gasteiger partial charge in [-0.15, -0.1) is 0 Å². The van der Waals surface area contributed by atoms with Gasteiger partial charge in [-0.1, -0.05) is 48.5 Å². The zero-order valence-electron chi connectivity index (χ0n) is 31.0. The Balaban J connectivity index is 0.000000201. The molecular weight excluding hydrogens is 719 g/mol. The van der Waals surface area contributed by atoms with Crippen LogP contribution in [0.3, 0.4) is 0 Å². The molecule has 8 nitrogen and oxygen atoms in total. The van der Waals surface area contributed by atoms with E-state index >= 15 is 0 Å². The van der Waals surface area contributed by atoms with E-state index in [1.165, 1.54) is 24.3 Å². The summed E-state index contributed by atoms with van der Waals surface area (Å²) in [6, 6.07) is 28.9. The number of anilines is 1. The van der Waals surface area contributed by atoms with Crippen molar-refractivity contribution in [2.75, 3.05) is 59.7 Å². The Kier molecular flexibility index (Phi) is 17.1. The summed E-state index contributed by atoms with van der Waals surface area (Å²) >= 11 is 10.3. The first-order valence-corrected chi connectivity index (χ1v) is 18.2. The Labute approximate surface area is 327 Å². The van der Waals surface area contributed by atoms with E-state index in [0.29, 0.717) is 11.7 Å². The first-order chi connectivity index (χ1) is 26.1. The van der Waals surface area contributed by atoms with Crippen molar-refractivity contribution in [3.8, 4) is 0 Å². The minimum Gasteiger partial charge on any atom is -0.343 e. The molecule has 4 aromatic carbocycles. The molecule has 0 saturated carbocycles. The van der Waals surface area contributed by atoms with E-state index in [4.69, 9.17) is 12.2 Å². The minimum atomic E-state index is -0.233. The van der Waals surface area contributed by atoms with Gasteiger partial charge in [0.25, 0.3) is 0 Å². The summed E-state index contributed by atoms with van der Waals surface area (Å²) in [6.45, 7) is 5.01. The molecule has 280 valence electrons. The molecule has 2 heterocycles. The SMILES string of the molecule is CN(C)CCN(Cc1ccc(F)cc1)C(=S)Nc1cccc2cnccc12.CN(C)CCNCc1ccc(F)cc1.S=C=Nc1cccc2cnccc12. The van der Waals surface area contributed by atoms with Crippen molar-refractivity contribution in [1.29, 1.82) is 0 Å². The number of likely N-dealkylation sites (N-methyl/N-ethyl adjacent to an activating group) is 2. The smallest absolute Gasteiger partial charge is 0.173 e. The summed E-state index contributed by atoms with van der Waals surface area (Å²) in [5, 5.41) is 13.9. The predicted octanol–water partition coefficient (Wildman–Crippen LogP) is 8.58. The number of nitrogens with zero attached hydrogens (tertiary/aromatic N) is 6. The number of pyridine rings is 2. The van der Waals surface area contributed by atoms with Crippen LogP contribution in [0.2, 0.25) is 0 Å². The van der Waals surface area contributed by atoms with Gasteiger partial charge in [-0.3, -0.25) is 9.97 Å². The van der Waals surface area contributed by atoms with Gasteiger partial charge in [-0.2, -0.15) is 4.99 Å². The number of fused-ring (bicyclic) bond motifs is 2. The predicted molar refractivity (Wildman–Crippen MR) is 226 cm³/mol. The Morgan fingerprint density at radius 2 is 1.28 bits per heavy atom. The van der Waals surface area contributed by atoms with Crippen LogP contribution in [-0.4, -0.2) is 89.3 Å². The normalized spacial score (nSPS) is 10.6. The van der Waals surface area contributed by atoms with Crippen LogP contribution < -0.4 is 10.6 Å². The van der Waals surface area contributed by atoms with Gasteiger partial charge in [0.1, 0.15) is 11.6 Å². The highest BCUT2D eigenvalue weighted by molar-refractivity contribution is 7.80. The standard InChI is InChI=1S/C21H23FN4S.C11H17FN2.C10H6N2S/c1-25(2)12-13-26(15-16-6-8-18(22)9-7-16)21(27)24-20-5-3-4-17-14-23-11-10-19(17)20;1-14(2)8-7-13-9-10-3-5-11(12)6-4-10;13-7-12-10-3-1-2-8-6-11-5-4-9(8)10/h3-11,14H,12-13,15H2,1-2H3,(H,24,27);3-6,13H,7-9H2,1-2H3;1-6H. The molecule has 0 aliphatic rings. The lowest BCUT2D eigenvalue weighted by molar-refractivity contribution is 0.328. The van der Waals surface area contributed by atoms with Gasteiger partial charge in [-0.05, 0) is 112 Å². The van der Waals surface area contributed by atoms with Crippen molar-refractivity contribution >= 4 is 67.6 Å². The second-order valence-corrected chi connectivity index (χ2v) is 13.4. The van der Waals surface area contributed by atoms with E-state index in [2.05, 4.69) is 57.7 Å². The Morgan fingerprint density at radius 3 is 1.89 bits per heavy atom. The third-order valence-corrected chi connectivity index (χ3v) is 8.57. The van der Waals surface area contributed by atoms with Gasteiger partial charge >= 0.3 is 0 Å². The summed E-state index contributed by atoms with van der Waals surface area (Å²) < 4.78 is 25.8. The molecule has 0 atom stereocenters. The number of rotatable bonds is 12. The first kappa shape index (κ1) is 41.7. The third-order valence-electron chi connectivity index (χ3n) is 8.12. The Bertz CT molecular complexity index is 2090. The summed E-state index contributed by atoms with van der Waals surface area (Å²) in [7, 11) is 8.15. The van der Waals surface area contributed by atoms with Crippen molar-refractivity contribution in [2.24, 2.45) is 4.99 Å². The van der Waals surface area contributed by atoms with Gasteiger partial charge in [0.15, 0.2) is 5.11 Å². The maximum atomic E-state index is 13.2. The molecule has 12 heteroatoms. The van der Waals surface area contributed by atoms with E-state index in [1.807, 2.05) is 82.9 Å². The van der Waals surface area contributed by atoms with Crippen LogP contribution in [-0.2, 0) is 13.1 Å². The topological polar surface area (TPSA) is 71.9 Å². The summed E-state index contributed by atoms with van der Waals surface area (Å²) in [4.78, 5) is 18.5. The summed E-state index contributed by atoms with van der Waals surface area (Å²) in [6.07, 6.45) is 7.16. The zero-order chi connectivity index (χ0) is 38.7. The molecule has 0 aliphatic carbocycles. The lowest BCUT2D eigenvalue weighted by Gasteiger charge is -2.27. The van der Waals surface area contributed by atoms with Crippen molar-refractivity contribution in [3.05, 3.63) is 145 Å². The van der Waals surface area contributed by atoms with E-state index in [0.717, 1.165) is 76.8 Å². The number of isothiocyanates is 1. The fourth-order valence-corrected chi connectivity index (χ4v) is 5.56. The van der Waals surface area contributed by atoms with Crippen LogP contribution >= 0.6 is 24.4 Å². The van der Waals surface area contributed by atoms with Gasteiger partial charge < -0.3 is 25.3 Å². The molecule has 6 aromatic rings. The molecule has 0 unspecified atom stereocenters. The Morgan fingerprint density at radius 1 is 0.704 bits per heavy atom. The lowest BCUT2D eigenvalue weighted by atomic mass is 10.1. The highest BCUT2D eigenvalue weighted by Gasteiger charge is 2.13. The number of nitrogens with one attached hydrogen (secondary N) is 2. The molecule has 0 saturated heterocycles. The molecule has 0 bridgehead atoms. The molecule has 54 heavy (non-hydrogen) atoms. The third kappa shape index (κ3) is 14.1. The van der Waals surface area contributed by atoms with Crippen molar-refractivity contribution in [3.63, 3.8) is 0 Å². The lowest BCUT2D eigenvalue weighted by Crippen LogP contribution is -2.38. The van der Waals surface area contributed by atoms with E-state index in [1.54, 1.807) is 42.9 Å². The molecule has 0 amide bonds. The van der Waals surface area contributed by atoms with Crippen LogP contribution in [0, 0.1) is 11.6 Å². The molecule has 0 radical (unpaired) electrons. The van der Waals surface area contributed by atoms with E-state index in [9.17, 15) is 8.78 Å². The second-order valence-electron chi connectivity index (χ2n) is 12.9. The average Bonchev–Trinajstić information content (AvgIpc) is 3.17. The van der Waals surface area contributed by atoms with E-state index in [-0.39, 0.29) is 11.6 Å². The molecular formula is C42H46F2N8S2. The number of hydrogen-bond acceptors (Lipinski definition) is 8. The number of benzene rings is 4. The molecule has 6 rings (SSSR count). The molecule has 2 aromatic heterocycles. The number of hydrogen-bond donors (Lipinski definition) is 2. The van der Waals surface area contributed by atoms with Gasteiger partial charge in [0.05, 0.1) is 10.8 Å². The Hall–Kier alpha value is -5.07. The monoisotopic (exact) mass is 764 g/mol. The maximum Gasteiger partial charge on any atom is 0.173 e. The molecule has 2 N–H and O–H groups in total. The van der Waals surface area contributed by atoms with Crippen molar-refractivity contribution in [2.45, 2.75) is 13.1 Å². The summed E-state index contributed by atoms with van der Waals surface area (Å²) in [5.74, 6) is -0.411. The fourth-order valence-electron chi connectivity index (χ4n) is 5.20. The fraction of sp³-hybridized carbons (Fsp3) is 0.238. The van der Waals surface area contributed by atoms with Crippen LogP contribution in [0.15, 0.2) is 127 Å². The number of halogens is 2. The largest absolute Gasteiger partial charge is 0.343 e. The van der Waals surface area contributed by atoms with Crippen LogP contribution in [0.5, 0.6) is 0 Å². The number of aliphatic imine (C=N–C) groups is 1. The second kappa shape index (κ2) is 22.2. The van der Waals surface area contributed by atoms with Gasteiger partial charge in [0.2, 0.25) is 0 Å². The molecule has 0 spiro atoms. The van der Waals surface area contributed by atoms with Gasteiger partial charge in [-0.25, -0.2) is 8.78 Å². The molecule has 0 fully saturated rings. The van der Waals surface area contributed by atoms with Crippen LogP contribution in [0.4, 0.5) is 20.2 Å². The summed E-state index contributed by atoms with van der Waals surface area (Å²) in [5.41, 5.74) is 3.93. The maximum absolute atomic E-state index is 13.2. The van der Waals surface area contributed by atoms with Crippen molar-refractivity contribution in [1.82, 2.24) is 30.0 Å². The van der Waals surface area contributed by atoms with Crippen LogP contribution in [0.25, 0.3) is 21.5 Å². The molecule has 0 aliphatic heterocycles. The first-order valence-electron chi connectivity index (χ1n) is 17.4. The highest BCUT2D eigenvalue weighted by atomic mass is 32.1. The quantitative estimate of drug-likeness (QED) is 0.0725. The number of thiocarbonyl (C=S) groups is 2. The van der Waals surface area contributed by atoms with Gasteiger partial charge in [0, 0.05) is 91.3 Å².